The van der Waals surface area contributed by atoms with Gasteiger partial charge in [0.1, 0.15) is 34.4 Å². The zero-order valence-corrected chi connectivity index (χ0v) is 17.4. The van der Waals surface area contributed by atoms with Gasteiger partial charge in [0.25, 0.3) is 5.82 Å². The molecule has 9 heteroatoms. The second kappa shape index (κ2) is 5.28. The van der Waals surface area contributed by atoms with Crippen LogP contribution >= 0.6 is 0 Å². The van der Waals surface area contributed by atoms with Crippen molar-refractivity contribution in [1.82, 2.24) is 14.5 Å². The van der Waals surface area contributed by atoms with E-state index in [9.17, 15) is 14.9 Å². The second-order valence-corrected chi connectivity index (χ2v) is 8.88. The first-order chi connectivity index (χ1) is 15.9. The number of nitriles is 2. The van der Waals surface area contributed by atoms with Gasteiger partial charge in [-0.05, 0) is 26.0 Å². The molecule has 1 spiro atoms. The number of hydrogen-bond donors (Lipinski definition) is 0. The van der Waals surface area contributed by atoms with E-state index < -0.39 is 23.0 Å². The first-order valence-corrected chi connectivity index (χ1v) is 10.3. The molecule has 7 nitrogen and oxygen atoms in total. The van der Waals surface area contributed by atoms with Gasteiger partial charge in [-0.1, -0.05) is 6.07 Å². The highest BCUT2D eigenvalue weighted by molar-refractivity contribution is 5.68. The summed E-state index contributed by atoms with van der Waals surface area (Å²) in [6, 6.07) is 16.6. The Morgan fingerprint density at radius 3 is 2.42 bits per heavy atom. The van der Waals surface area contributed by atoms with Crippen LogP contribution in [0.5, 0.6) is 0 Å². The molecular weight excluding hydrogens is 424 g/mol. The summed E-state index contributed by atoms with van der Waals surface area (Å²) >= 11 is 0. The van der Waals surface area contributed by atoms with Gasteiger partial charge in [0.05, 0.1) is 0 Å². The molecule has 1 atom stereocenters. The summed E-state index contributed by atoms with van der Waals surface area (Å²) in [5.74, 6) is -0.940. The molecule has 4 aromatic rings. The fourth-order valence-electron chi connectivity index (χ4n) is 5.90. The van der Waals surface area contributed by atoms with E-state index in [1.54, 1.807) is 10.6 Å². The van der Waals surface area contributed by atoms with E-state index in [4.69, 9.17) is 0 Å². The molecule has 0 aromatic carbocycles. The number of rotatable bonds is 0. The highest BCUT2D eigenvalue weighted by Crippen LogP contribution is 2.49. The summed E-state index contributed by atoms with van der Waals surface area (Å²) in [6.45, 7) is 4.13. The highest BCUT2D eigenvalue weighted by atomic mass is 19.1. The summed E-state index contributed by atoms with van der Waals surface area (Å²) in [4.78, 5) is 8.04. The molecule has 0 bridgehead atoms. The van der Waals surface area contributed by atoms with Crippen LogP contribution in [0.25, 0.3) is 17.1 Å². The van der Waals surface area contributed by atoms with E-state index in [-0.39, 0.29) is 17.0 Å². The van der Waals surface area contributed by atoms with E-state index in [0.29, 0.717) is 22.9 Å². The van der Waals surface area contributed by atoms with Gasteiger partial charge in [-0.2, -0.15) is 38.4 Å². The minimum absolute atomic E-state index is 0.0357. The molecule has 0 saturated heterocycles. The summed E-state index contributed by atoms with van der Waals surface area (Å²) in [6.07, 6.45) is 0. The van der Waals surface area contributed by atoms with Gasteiger partial charge in [0, 0.05) is 24.3 Å². The Bertz CT molecular complexity index is 1700. The molecule has 0 fully saturated rings. The van der Waals surface area contributed by atoms with Crippen LogP contribution in [0.4, 0.5) is 8.78 Å². The number of nitrogens with zero attached hydrogens (tertiary/aromatic N) is 7. The minimum Gasteiger partial charge on any atom is -0.191 e. The van der Waals surface area contributed by atoms with E-state index in [2.05, 4.69) is 29.9 Å². The Morgan fingerprint density at radius 1 is 0.970 bits per heavy atom. The summed E-state index contributed by atoms with van der Waals surface area (Å²) in [5, 5.41) is 19.6. The Hall–Kier alpha value is -4.50. The standard InChI is InChI=1S/C24H13F2N7/c1-23(2)16-6-3-5-14-20-12(9-18(25)30-21(20)26)24(32(14)16)22-29-13(10-27)15(11-28)31(22)19-8-4-7-17(23)33(19)24/h3-9H,1-2H3/q+2/t24-/m0/s1. The average Bonchev–Trinajstić information content (AvgIpc) is 3.40. The third kappa shape index (κ3) is 1.67. The van der Waals surface area contributed by atoms with Crippen molar-refractivity contribution in [3.05, 3.63) is 88.5 Å². The predicted molar refractivity (Wildman–Crippen MR) is 107 cm³/mol. The van der Waals surface area contributed by atoms with Crippen LogP contribution in [0.15, 0.2) is 42.5 Å². The quantitative estimate of drug-likeness (QED) is 0.269. The molecule has 0 amide bonds. The third-order valence-corrected chi connectivity index (χ3v) is 7.09. The maximum atomic E-state index is 15.3. The highest BCUT2D eigenvalue weighted by Gasteiger charge is 2.74. The summed E-state index contributed by atoms with van der Waals surface area (Å²) < 4.78 is 35.5. The molecule has 0 N–H and O–H groups in total. The predicted octanol–water partition coefficient (Wildman–Crippen LogP) is 2.09. The van der Waals surface area contributed by atoms with Crippen LogP contribution in [0.3, 0.4) is 0 Å². The van der Waals surface area contributed by atoms with Gasteiger partial charge < -0.3 is 0 Å². The molecule has 0 saturated carbocycles. The van der Waals surface area contributed by atoms with Crippen molar-refractivity contribution in [2.75, 3.05) is 0 Å². The normalized spacial score (nSPS) is 19.2. The Balaban J connectivity index is 1.83. The van der Waals surface area contributed by atoms with Crippen molar-refractivity contribution >= 4 is 0 Å². The van der Waals surface area contributed by atoms with Crippen molar-refractivity contribution < 1.29 is 17.9 Å². The maximum Gasteiger partial charge on any atom is 0.419 e. The zero-order chi connectivity index (χ0) is 22.9. The van der Waals surface area contributed by atoms with Crippen LogP contribution in [-0.2, 0) is 11.1 Å². The molecule has 33 heavy (non-hydrogen) atoms. The molecular formula is C24H13F2N7+2. The number of fused-ring (bicyclic) bond motifs is 4. The zero-order valence-electron chi connectivity index (χ0n) is 17.4. The van der Waals surface area contributed by atoms with Crippen LogP contribution in [0, 0.1) is 34.6 Å². The van der Waals surface area contributed by atoms with E-state index >= 15 is 4.39 Å². The Morgan fingerprint density at radius 2 is 1.70 bits per heavy atom. The van der Waals surface area contributed by atoms with Crippen LogP contribution < -0.4 is 9.13 Å². The van der Waals surface area contributed by atoms with Gasteiger partial charge in [-0.3, -0.25) is 0 Å². The molecule has 7 heterocycles. The van der Waals surface area contributed by atoms with Crippen LogP contribution in [0.1, 0.15) is 48.0 Å². The van der Waals surface area contributed by atoms with Gasteiger partial charge in [0.15, 0.2) is 0 Å². The van der Waals surface area contributed by atoms with Gasteiger partial charge in [0.2, 0.25) is 34.7 Å². The molecule has 0 aliphatic carbocycles. The fraction of sp³-hybridized carbons (Fsp3) is 0.167. The summed E-state index contributed by atoms with van der Waals surface area (Å²) in [5.41, 5.74) is 0.997. The average molecular weight is 437 g/mol. The van der Waals surface area contributed by atoms with Crippen LogP contribution in [0.2, 0.25) is 0 Å². The minimum atomic E-state index is -1.31. The molecule has 3 aliphatic rings. The number of hydrogen-bond acceptors (Lipinski definition) is 4. The number of pyridine rings is 3. The van der Waals surface area contributed by atoms with Gasteiger partial charge >= 0.3 is 11.5 Å². The maximum absolute atomic E-state index is 15.3. The van der Waals surface area contributed by atoms with E-state index in [1.165, 1.54) is 6.07 Å². The largest absolute Gasteiger partial charge is 0.419 e. The van der Waals surface area contributed by atoms with Crippen molar-refractivity contribution in [1.29, 1.82) is 10.5 Å². The number of halogens is 2. The second-order valence-electron chi connectivity index (χ2n) is 8.88. The number of aromatic nitrogens is 5. The molecule has 156 valence electrons. The lowest BCUT2D eigenvalue weighted by Gasteiger charge is -2.33. The lowest BCUT2D eigenvalue weighted by Crippen LogP contribution is -2.79. The topological polar surface area (TPSA) is 86.1 Å². The molecule has 3 aliphatic heterocycles. The van der Waals surface area contributed by atoms with E-state index in [0.717, 1.165) is 11.4 Å². The SMILES string of the molecule is CC1(C)c2cccc3[n+]2[C@]2(c4cc(F)nc(F)c4-3)c3nc(C#N)c(C#N)n3-c3cccc1[n+]32. The summed E-state index contributed by atoms with van der Waals surface area (Å²) in [7, 11) is 0. The third-order valence-electron chi connectivity index (χ3n) is 7.09. The van der Waals surface area contributed by atoms with Crippen molar-refractivity contribution in [2.45, 2.75) is 24.9 Å². The first kappa shape index (κ1) is 18.1. The lowest BCUT2D eigenvalue weighted by atomic mass is 9.80. The van der Waals surface area contributed by atoms with E-state index in [1.807, 2.05) is 45.5 Å². The van der Waals surface area contributed by atoms with Crippen molar-refractivity contribution in [3.8, 4) is 29.2 Å². The molecule has 0 radical (unpaired) electrons. The fourth-order valence-corrected chi connectivity index (χ4v) is 5.90. The van der Waals surface area contributed by atoms with Gasteiger partial charge in [-0.15, -0.1) is 4.57 Å². The Kier molecular flexibility index (Phi) is 2.90. The van der Waals surface area contributed by atoms with Crippen molar-refractivity contribution in [2.24, 2.45) is 0 Å². The smallest absolute Gasteiger partial charge is 0.191 e. The first-order valence-electron chi connectivity index (χ1n) is 10.3. The molecule has 0 unspecified atom stereocenters. The molecule has 7 rings (SSSR count). The Labute approximate surface area is 186 Å². The van der Waals surface area contributed by atoms with Crippen LogP contribution in [-0.4, -0.2) is 14.5 Å². The monoisotopic (exact) mass is 437 g/mol. The van der Waals surface area contributed by atoms with Gasteiger partial charge in [-0.25, -0.2) is 0 Å². The van der Waals surface area contributed by atoms with Crippen molar-refractivity contribution in [3.63, 3.8) is 0 Å². The molecule has 4 aromatic heterocycles. The number of imidazole rings is 1. The lowest BCUT2D eigenvalue weighted by molar-refractivity contribution is -0.973.